The SMILES string of the molecule is COC(=O)CCCCC(=O)c1c(C)[nH]c(/C=C2\NC(=O)C=C2OC)c1C. The molecule has 2 N–H and O–H groups in total. The standard InChI is InChI=1S/C19H24N2O5/c1-11-13(9-14-16(25-3)10-17(23)21-14)20-12(2)19(11)15(22)7-5-6-8-18(24)26-4/h9-10,20H,5-8H2,1-4H3,(H,21,23)/b14-9-. The van der Waals surface area contributed by atoms with Gasteiger partial charge in [-0.3, -0.25) is 14.4 Å². The maximum Gasteiger partial charge on any atom is 0.305 e. The normalized spacial score (nSPS) is 15.0. The Hall–Kier alpha value is -2.83. The van der Waals surface area contributed by atoms with Crippen molar-refractivity contribution in [2.45, 2.75) is 39.5 Å². The van der Waals surface area contributed by atoms with Crippen molar-refractivity contribution >= 4 is 23.7 Å². The summed E-state index contributed by atoms with van der Waals surface area (Å²) in [4.78, 5) is 38.4. The Bertz CT molecular complexity index is 786. The van der Waals surface area contributed by atoms with Crippen LogP contribution in [0.15, 0.2) is 17.5 Å². The number of ketones is 1. The first-order valence-electron chi connectivity index (χ1n) is 8.45. The number of Topliss-reactive ketones (excluding diaryl/α,β-unsaturated/α-hetero) is 1. The van der Waals surface area contributed by atoms with Crippen molar-refractivity contribution in [3.8, 4) is 0 Å². The largest absolute Gasteiger partial charge is 0.494 e. The van der Waals surface area contributed by atoms with Gasteiger partial charge in [0, 0.05) is 35.9 Å². The minimum absolute atomic E-state index is 0.0312. The molecule has 0 saturated carbocycles. The van der Waals surface area contributed by atoms with E-state index in [0.29, 0.717) is 42.7 Å². The summed E-state index contributed by atoms with van der Waals surface area (Å²) in [5.41, 5.74) is 3.56. The van der Waals surface area contributed by atoms with Gasteiger partial charge < -0.3 is 19.8 Å². The van der Waals surface area contributed by atoms with Crippen molar-refractivity contribution in [2.24, 2.45) is 0 Å². The van der Waals surface area contributed by atoms with Crippen LogP contribution in [0.4, 0.5) is 0 Å². The first kappa shape index (κ1) is 19.5. The number of carbonyl (C=O) groups excluding carboxylic acids is 3. The zero-order valence-corrected chi connectivity index (χ0v) is 15.5. The zero-order valence-electron chi connectivity index (χ0n) is 15.5. The number of rotatable bonds is 8. The van der Waals surface area contributed by atoms with Crippen molar-refractivity contribution in [1.29, 1.82) is 0 Å². The summed E-state index contributed by atoms with van der Waals surface area (Å²) in [7, 11) is 2.85. The Balaban J connectivity index is 2.10. The highest BCUT2D eigenvalue weighted by Crippen LogP contribution is 2.25. The van der Waals surface area contributed by atoms with Crippen LogP contribution in [0.3, 0.4) is 0 Å². The number of esters is 1. The second-order valence-corrected chi connectivity index (χ2v) is 6.13. The summed E-state index contributed by atoms with van der Waals surface area (Å²) >= 11 is 0. The summed E-state index contributed by atoms with van der Waals surface area (Å²) in [5, 5.41) is 2.70. The first-order valence-corrected chi connectivity index (χ1v) is 8.45. The van der Waals surface area contributed by atoms with Crippen LogP contribution in [0.25, 0.3) is 6.08 Å². The number of methoxy groups -OCH3 is 2. The van der Waals surface area contributed by atoms with E-state index < -0.39 is 0 Å². The predicted molar refractivity (Wildman–Crippen MR) is 96.3 cm³/mol. The second kappa shape index (κ2) is 8.51. The Morgan fingerprint density at radius 2 is 1.85 bits per heavy atom. The van der Waals surface area contributed by atoms with Crippen LogP contribution >= 0.6 is 0 Å². The molecule has 0 radical (unpaired) electrons. The van der Waals surface area contributed by atoms with E-state index in [1.165, 1.54) is 20.3 Å². The molecule has 1 aromatic heterocycles. The lowest BCUT2D eigenvalue weighted by Gasteiger charge is -2.04. The third-order valence-corrected chi connectivity index (χ3v) is 4.31. The third-order valence-electron chi connectivity index (χ3n) is 4.31. The molecule has 0 spiro atoms. The summed E-state index contributed by atoms with van der Waals surface area (Å²) in [6.45, 7) is 3.71. The van der Waals surface area contributed by atoms with Gasteiger partial charge in [0.05, 0.1) is 19.9 Å². The molecule has 0 aromatic carbocycles. The minimum Gasteiger partial charge on any atom is -0.494 e. The van der Waals surface area contributed by atoms with E-state index in [1.54, 1.807) is 6.08 Å². The van der Waals surface area contributed by atoms with Gasteiger partial charge in [-0.2, -0.15) is 0 Å². The Kier molecular flexibility index (Phi) is 6.38. The molecule has 0 unspecified atom stereocenters. The number of hydrogen-bond acceptors (Lipinski definition) is 5. The lowest BCUT2D eigenvalue weighted by molar-refractivity contribution is -0.140. The summed E-state index contributed by atoms with van der Waals surface area (Å²) in [6, 6.07) is 0. The number of amides is 1. The molecule has 0 aliphatic carbocycles. The molecule has 140 valence electrons. The van der Waals surface area contributed by atoms with Crippen molar-refractivity contribution in [3.05, 3.63) is 40.0 Å². The van der Waals surface area contributed by atoms with Gasteiger partial charge in [-0.25, -0.2) is 0 Å². The van der Waals surface area contributed by atoms with Crippen molar-refractivity contribution in [1.82, 2.24) is 10.3 Å². The van der Waals surface area contributed by atoms with E-state index in [4.69, 9.17) is 4.74 Å². The van der Waals surface area contributed by atoms with E-state index in [2.05, 4.69) is 15.0 Å². The monoisotopic (exact) mass is 360 g/mol. The van der Waals surface area contributed by atoms with E-state index >= 15 is 0 Å². The molecule has 7 nitrogen and oxygen atoms in total. The maximum atomic E-state index is 12.6. The zero-order chi connectivity index (χ0) is 19.3. The molecule has 0 bridgehead atoms. The van der Waals surface area contributed by atoms with E-state index in [1.807, 2.05) is 13.8 Å². The summed E-state index contributed by atoms with van der Waals surface area (Å²) in [6.07, 6.45) is 5.07. The molecule has 2 rings (SSSR count). The van der Waals surface area contributed by atoms with Crippen LogP contribution in [-0.4, -0.2) is 36.9 Å². The Labute approximate surface area is 152 Å². The maximum absolute atomic E-state index is 12.6. The van der Waals surface area contributed by atoms with Gasteiger partial charge in [0.1, 0.15) is 5.76 Å². The minimum atomic E-state index is -0.263. The van der Waals surface area contributed by atoms with Gasteiger partial charge in [-0.1, -0.05) is 0 Å². The smallest absolute Gasteiger partial charge is 0.305 e. The van der Waals surface area contributed by atoms with Crippen LogP contribution in [-0.2, 0) is 19.1 Å². The quantitative estimate of drug-likeness (QED) is 0.422. The average molecular weight is 360 g/mol. The highest BCUT2D eigenvalue weighted by Gasteiger charge is 2.21. The van der Waals surface area contributed by atoms with Crippen LogP contribution < -0.4 is 5.32 Å². The first-order chi connectivity index (χ1) is 12.4. The van der Waals surface area contributed by atoms with Crippen LogP contribution in [0, 0.1) is 13.8 Å². The fourth-order valence-electron chi connectivity index (χ4n) is 2.97. The van der Waals surface area contributed by atoms with Gasteiger partial charge in [-0.05, 0) is 38.3 Å². The molecule has 0 fully saturated rings. The Morgan fingerprint density at radius 3 is 2.50 bits per heavy atom. The molecular formula is C19H24N2O5. The van der Waals surface area contributed by atoms with E-state index in [9.17, 15) is 14.4 Å². The molecule has 1 aromatic rings. The predicted octanol–water partition coefficient (Wildman–Crippen LogP) is 2.55. The van der Waals surface area contributed by atoms with Gasteiger partial charge >= 0.3 is 5.97 Å². The van der Waals surface area contributed by atoms with Crippen molar-refractivity contribution in [3.63, 3.8) is 0 Å². The fourth-order valence-corrected chi connectivity index (χ4v) is 2.97. The number of unbranched alkanes of at least 4 members (excludes halogenated alkanes) is 1. The topological polar surface area (TPSA) is 97.5 Å². The molecule has 1 amide bonds. The number of hydrogen-bond donors (Lipinski definition) is 2. The van der Waals surface area contributed by atoms with Crippen molar-refractivity contribution in [2.75, 3.05) is 14.2 Å². The summed E-state index contributed by atoms with van der Waals surface area (Å²) in [5.74, 6) is -0.0158. The molecule has 0 saturated heterocycles. The van der Waals surface area contributed by atoms with Crippen molar-refractivity contribution < 1.29 is 23.9 Å². The highest BCUT2D eigenvalue weighted by molar-refractivity contribution is 6.00. The Morgan fingerprint density at radius 1 is 1.15 bits per heavy atom. The molecule has 1 aliphatic rings. The molecular weight excluding hydrogens is 336 g/mol. The number of carbonyl (C=O) groups is 3. The van der Waals surface area contributed by atoms with Gasteiger partial charge in [0.2, 0.25) is 0 Å². The van der Waals surface area contributed by atoms with Gasteiger partial charge in [0.25, 0.3) is 5.91 Å². The third kappa shape index (κ3) is 4.41. The molecule has 1 aliphatic heterocycles. The lowest BCUT2D eigenvalue weighted by Crippen LogP contribution is -2.13. The average Bonchev–Trinajstić information content (AvgIpc) is 3.10. The second-order valence-electron chi connectivity index (χ2n) is 6.13. The number of H-pyrrole nitrogens is 1. The highest BCUT2D eigenvalue weighted by atomic mass is 16.5. The number of nitrogens with one attached hydrogen (secondary N) is 2. The molecule has 26 heavy (non-hydrogen) atoms. The van der Waals surface area contributed by atoms with Crippen LogP contribution in [0.2, 0.25) is 0 Å². The number of aromatic amines is 1. The molecule has 0 atom stereocenters. The number of ether oxygens (including phenoxy) is 2. The van der Waals surface area contributed by atoms with Crippen LogP contribution in [0.1, 0.15) is 53.0 Å². The lowest BCUT2D eigenvalue weighted by atomic mass is 10.0. The van der Waals surface area contributed by atoms with Gasteiger partial charge in [0.15, 0.2) is 5.78 Å². The number of aryl methyl sites for hydroxylation is 1. The molecule has 7 heteroatoms. The summed E-state index contributed by atoms with van der Waals surface area (Å²) < 4.78 is 9.77. The number of aromatic nitrogens is 1. The molecule has 2 heterocycles. The van der Waals surface area contributed by atoms with E-state index in [-0.39, 0.29) is 17.7 Å². The van der Waals surface area contributed by atoms with E-state index in [0.717, 1.165) is 17.0 Å². The van der Waals surface area contributed by atoms with Gasteiger partial charge in [-0.15, -0.1) is 0 Å². The van der Waals surface area contributed by atoms with Crippen LogP contribution in [0.5, 0.6) is 0 Å². The fraction of sp³-hybridized carbons (Fsp3) is 0.421.